The third-order valence-corrected chi connectivity index (χ3v) is 3.40. The van der Waals surface area contributed by atoms with Crippen molar-refractivity contribution in [2.75, 3.05) is 0 Å². The summed E-state index contributed by atoms with van der Waals surface area (Å²) in [5, 5.41) is 5.64. The fraction of sp³-hybridized carbons (Fsp3) is 0.111. The summed E-state index contributed by atoms with van der Waals surface area (Å²) in [5.41, 5.74) is 0.495. The Hall–Kier alpha value is -3.12. The molecule has 0 saturated carbocycles. The van der Waals surface area contributed by atoms with E-state index in [4.69, 9.17) is 8.83 Å². The van der Waals surface area contributed by atoms with Crippen molar-refractivity contribution in [2.24, 2.45) is 0 Å². The highest BCUT2D eigenvalue weighted by Gasteiger charge is 2.23. The van der Waals surface area contributed by atoms with Gasteiger partial charge in [-0.2, -0.15) is 0 Å². The minimum absolute atomic E-state index is 0.140. The standard InChI is InChI=1S/C18H16N2O4/c21-16(13-6-2-1-3-7-13)17(19-12-14-8-4-10-23-14)20-18(22)15-9-5-11-24-15/h1-11,17,19H,12H2,(H,20,22)/t17-/m1/s1. The monoisotopic (exact) mass is 324 g/mol. The molecule has 1 atom stereocenters. The Morgan fingerprint density at radius 2 is 1.67 bits per heavy atom. The minimum atomic E-state index is -0.907. The predicted octanol–water partition coefficient (Wildman–Crippen LogP) is 2.60. The van der Waals surface area contributed by atoms with Gasteiger partial charge in [-0.05, 0) is 24.3 Å². The average Bonchev–Trinajstić information content (AvgIpc) is 3.32. The Morgan fingerprint density at radius 1 is 0.917 bits per heavy atom. The van der Waals surface area contributed by atoms with Crippen LogP contribution in [0.1, 0.15) is 26.7 Å². The van der Waals surface area contributed by atoms with Crippen molar-refractivity contribution in [1.82, 2.24) is 10.6 Å². The molecule has 0 unspecified atom stereocenters. The Labute approximate surface area is 138 Å². The molecule has 24 heavy (non-hydrogen) atoms. The van der Waals surface area contributed by atoms with Crippen LogP contribution in [-0.4, -0.2) is 17.9 Å². The highest BCUT2D eigenvalue weighted by molar-refractivity contribution is 6.03. The molecule has 3 rings (SSSR count). The SMILES string of the molecule is O=C(N[C@@H](NCc1ccco1)C(=O)c1ccccc1)c1ccco1. The van der Waals surface area contributed by atoms with Crippen molar-refractivity contribution >= 4 is 11.7 Å². The number of amides is 1. The summed E-state index contributed by atoms with van der Waals surface area (Å²) in [5.74, 6) is 0.0806. The van der Waals surface area contributed by atoms with Crippen LogP contribution in [0.4, 0.5) is 0 Å². The van der Waals surface area contributed by atoms with Gasteiger partial charge in [0.15, 0.2) is 11.5 Å². The van der Waals surface area contributed by atoms with E-state index in [-0.39, 0.29) is 11.5 Å². The quantitative estimate of drug-likeness (QED) is 0.515. The highest BCUT2D eigenvalue weighted by Crippen LogP contribution is 2.06. The molecule has 1 amide bonds. The first-order chi connectivity index (χ1) is 11.7. The molecule has 2 N–H and O–H groups in total. The van der Waals surface area contributed by atoms with E-state index in [1.165, 1.54) is 12.3 Å². The van der Waals surface area contributed by atoms with Crippen LogP contribution in [0.5, 0.6) is 0 Å². The fourth-order valence-electron chi connectivity index (χ4n) is 2.20. The van der Waals surface area contributed by atoms with Gasteiger partial charge in [0.05, 0.1) is 19.1 Å². The molecule has 1 aromatic carbocycles. The van der Waals surface area contributed by atoms with E-state index in [9.17, 15) is 9.59 Å². The Balaban J connectivity index is 1.74. The van der Waals surface area contributed by atoms with E-state index in [2.05, 4.69) is 10.6 Å². The maximum Gasteiger partial charge on any atom is 0.288 e. The van der Waals surface area contributed by atoms with Crippen LogP contribution in [0.15, 0.2) is 76.0 Å². The van der Waals surface area contributed by atoms with Gasteiger partial charge in [-0.1, -0.05) is 30.3 Å². The summed E-state index contributed by atoms with van der Waals surface area (Å²) in [6.45, 7) is 0.300. The number of carbonyl (C=O) groups excluding carboxylic acids is 2. The first-order valence-electron chi connectivity index (χ1n) is 7.43. The second kappa shape index (κ2) is 7.43. The number of Topliss-reactive ketones (excluding diaryl/α,β-unsaturated/α-hetero) is 1. The molecule has 0 aliphatic heterocycles. The van der Waals surface area contributed by atoms with E-state index in [1.54, 1.807) is 48.7 Å². The molecule has 122 valence electrons. The maximum absolute atomic E-state index is 12.7. The maximum atomic E-state index is 12.7. The molecular weight excluding hydrogens is 308 g/mol. The number of carbonyl (C=O) groups is 2. The van der Waals surface area contributed by atoms with E-state index in [0.717, 1.165) is 0 Å². The Kier molecular flexibility index (Phi) is 4.88. The number of hydrogen-bond donors (Lipinski definition) is 2. The molecule has 0 aliphatic rings. The zero-order chi connectivity index (χ0) is 16.8. The number of ketones is 1. The van der Waals surface area contributed by atoms with Crippen LogP contribution in [0.3, 0.4) is 0 Å². The molecule has 0 fully saturated rings. The number of hydrogen-bond acceptors (Lipinski definition) is 5. The summed E-state index contributed by atoms with van der Waals surface area (Å²) in [7, 11) is 0. The number of nitrogens with one attached hydrogen (secondary N) is 2. The van der Waals surface area contributed by atoms with Crippen molar-refractivity contribution in [2.45, 2.75) is 12.7 Å². The molecule has 2 aromatic heterocycles. The molecule has 0 spiro atoms. The van der Waals surface area contributed by atoms with Gasteiger partial charge >= 0.3 is 0 Å². The first kappa shape index (κ1) is 15.8. The lowest BCUT2D eigenvalue weighted by Crippen LogP contribution is -2.50. The fourth-order valence-corrected chi connectivity index (χ4v) is 2.20. The summed E-state index contributed by atoms with van der Waals surface area (Å²) in [6.07, 6.45) is 2.04. The molecule has 3 aromatic rings. The number of furan rings is 2. The number of benzene rings is 1. The Bertz CT molecular complexity index is 780. The van der Waals surface area contributed by atoms with Gasteiger partial charge in [0.2, 0.25) is 0 Å². The van der Waals surface area contributed by atoms with Crippen molar-refractivity contribution in [3.8, 4) is 0 Å². The van der Waals surface area contributed by atoms with Gasteiger partial charge in [0.1, 0.15) is 11.9 Å². The van der Waals surface area contributed by atoms with Gasteiger partial charge in [-0.25, -0.2) is 0 Å². The third-order valence-electron chi connectivity index (χ3n) is 3.40. The Morgan fingerprint density at radius 3 is 2.33 bits per heavy atom. The largest absolute Gasteiger partial charge is 0.468 e. The summed E-state index contributed by atoms with van der Waals surface area (Å²) < 4.78 is 10.3. The van der Waals surface area contributed by atoms with Crippen LogP contribution in [-0.2, 0) is 6.54 Å². The molecule has 6 heteroatoms. The van der Waals surface area contributed by atoms with Gasteiger partial charge in [0.25, 0.3) is 5.91 Å². The van der Waals surface area contributed by atoms with Crippen LogP contribution < -0.4 is 10.6 Å². The van der Waals surface area contributed by atoms with Gasteiger partial charge in [-0.15, -0.1) is 0 Å². The predicted molar refractivity (Wildman–Crippen MR) is 86.3 cm³/mol. The van der Waals surface area contributed by atoms with Crippen LogP contribution >= 0.6 is 0 Å². The van der Waals surface area contributed by atoms with E-state index in [0.29, 0.717) is 17.9 Å². The third kappa shape index (κ3) is 3.80. The summed E-state index contributed by atoms with van der Waals surface area (Å²) >= 11 is 0. The smallest absolute Gasteiger partial charge is 0.288 e. The van der Waals surface area contributed by atoms with E-state index in [1.807, 2.05) is 6.07 Å². The van der Waals surface area contributed by atoms with Gasteiger partial charge < -0.3 is 14.2 Å². The summed E-state index contributed by atoms with van der Waals surface area (Å²) in [4.78, 5) is 24.9. The topological polar surface area (TPSA) is 84.5 Å². The van der Waals surface area contributed by atoms with Crippen LogP contribution in [0.2, 0.25) is 0 Å². The van der Waals surface area contributed by atoms with Crippen molar-refractivity contribution < 1.29 is 18.4 Å². The second-order valence-corrected chi connectivity index (χ2v) is 5.07. The molecule has 0 saturated heterocycles. The highest BCUT2D eigenvalue weighted by atomic mass is 16.3. The zero-order valence-electron chi connectivity index (χ0n) is 12.8. The number of rotatable bonds is 7. The molecule has 0 radical (unpaired) electrons. The lowest BCUT2D eigenvalue weighted by molar-refractivity contribution is 0.0820. The lowest BCUT2D eigenvalue weighted by atomic mass is 10.1. The average molecular weight is 324 g/mol. The molecule has 0 bridgehead atoms. The minimum Gasteiger partial charge on any atom is -0.468 e. The molecule has 6 nitrogen and oxygen atoms in total. The zero-order valence-corrected chi connectivity index (χ0v) is 12.8. The van der Waals surface area contributed by atoms with Crippen LogP contribution in [0.25, 0.3) is 0 Å². The van der Waals surface area contributed by atoms with Crippen molar-refractivity contribution in [3.63, 3.8) is 0 Å². The summed E-state index contributed by atoms with van der Waals surface area (Å²) in [6, 6.07) is 15.4. The first-order valence-corrected chi connectivity index (χ1v) is 7.43. The van der Waals surface area contributed by atoms with Crippen molar-refractivity contribution in [1.29, 1.82) is 0 Å². The molecule has 0 aliphatic carbocycles. The van der Waals surface area contributed by atoms with Crippen LogP contribution in [0, 0.1) is 0 Å². The molecule has 2 heterocycles. The van der Waals surface area contributed by atoms with E-state index < -0.39 is 12.1 Å². The van der Waals surface area contributed by atoms with Crippen molar-refractivity contribution in [3.05, 3.63) is 84.2 Å². The lowest BCUT2D eigenvalue weighted by Gasteiger charge is -2.18. The molecular formula is C18H16N2O4. The van der Waals surface area contributed by atoms with Gasteiger partial charge in [0, 0.05) is 5.56 Å². The van der Waals surface area contributed by atoms with Gasteiger partial charge in [-0.3, -0.25) is 14.9 Å². The normalized spacial score (nSPS) is 11.8. The van der Waals surface area contributed by atoms with E-state index >= 15 is 0 Å². The second-order valence-electron chi connectivity index (χ2n) is 5.07.